The number of nitrogens with zero attached hydrogens (tertiary/aromatic N) is 2. The number of nitrogens with one attached hydrogen (secondary N) is 1. The average molecular weight is 422 g/mol. The van der Waals surface area contributed by atoms with E-state index < -0.39 is 17.6 Å². The Balaban J connectivity index is 1.86. The lowest BCUT2D eigenvalue weighted by molar-refractivity contribution is -0.136. The number of aliphatic imine (C=N–C) groups is 1. The smallest absolute Gasteiger partial charge is 0.397 e. The van der Waals surface area contributed by atoms with E-state index in [1.165, 1.54) is 11.8 Å². The van der Waals surface area contributed by atoms with Gasteiger partial charge in [0.25, 0.3) is 5.91 Å². The van der Waals surface area contributed by atoms with Crippen LogP contribution < -0.4 is 11.1 Å². The number of hydrogen-bond donors (Lipinski definition) is 2. The van der Waals surface area contributed by atoms with Crippen molar-refractivity contribution < 1.29 is 18.0 Å². The predicted octanol–water partition coefficient (Wildman–Crippen LogP) is 4.40. The highest BCUT2D eigenvalue weighted by molar-refractivity contribution is 8.14. The van der Waals surface area contributed by atoms with Crippen molar-refractivity contribution in [1.82, 2.24) is 10.3 Å². The van der Waals surface area contributed by atoms with Crippen molar-refractivity contribution >= 4 is 50.1 Å². The minimum absolute atomic E-state index is 0.00610. The van der Waals surface area contributed by atoms with Gasteiger partial charge in [0.1, 0.15) is 9.71 Å². The number of nitrogen functional groups attached to an aromatic ring is 1. The third-order valence-electron chi connectivity index (χ3n) is 4.09. The Bertz CT molecular complexity index is 1090. The maximum Gasteiger partial charge on any atom is 0.417 e. The number of alkyl halides is 3. The molecule has 1 amide bonds. The zero-order chi connectivity index (χ0) is 19.9. The first-order chi connectivity index (χ1) is 13.3. The molecule has 3 N–H and O–H groups in total. The van der Waals surface area contributed by atoms with E-state index in [1.54, 1.807) is 30.3 Å². The minimum Gasteiger partial charge on any atom is -0.397 e. The average Bonchev–Trinajstić information content (AvgIpc) is 3.29. The lowest BCUT2D eigenvalue weighted by Gasteiger charge is -2.11. The Morgan fingerprint density at radius 2 is 1.96 bits per heavy atom. The summed E-state index contributed by atoms with van der Waals surface area (Å²) in [4.78, 5) is 21.0. The first kappa shape index (κ1) is 18.8. The summed E-state index contributed by atoms with van der Waals surface area (Å²) in [7, 11) is 0. The van der Waals surface area contributed by atoms with Gasteiger partial charge >= 0.3 is 6.18 Å². The molecular formula is C18H13F3N4OS2. The maximum atomic E-state index is 13.7. The van der Waals surface area contributed by atoms with E-state index in [9.17, 15) is 18.0 Å². The van der Waals surface area contributed by atoms with Gasteiger partial charge < -0.3 is 11.1 Å². The Kier molecular flexibility index (Phi) is 4.76. The van der Waals surface area contributed by atoms with Gasteiger partial charge in [-0.15, -0.1) is 11.3 Å². The molecule has 0 radical (unpaired) electrons. The van der Waals surface area contributed by atoms with Gasteiger partial charge in [0.15, 0.2) is 5.17 Å². The summed E-state index contributed by atoms with van der Waals surface area (Å²) in [5.74, 6) is 0.167. The van der Waals surface area contributed by atoms with E-state index in [0.29, 0.717) is 17.3 Å². The van der Waals surface area contributed by atoms with Crippen LogP contribution in [0.15, 0.2) is 41.4 Å². The van der Waals surface area contributed by atoms with Crippen LogP contribution in [0.4, 0.5) is 18.9 Å². The highest BCUT2D eigenvalue weighted by Crippen LogP contribution is 2.43. The minimum atomic E-state index is -4.64. The number of carbonyl (C=O) groups is 1. The van der Waals surface area contributed by atoms with Gasteiger partial charge in [0.05, 0.1) is 23.5 Å². The van der Waals surface area contributed by atoms with Gasteiger partial charge in [-0.3, -0.25) is 9.79 Å². The van der Waals surface area contributed by atoms with Crippen LogP contribution in [0.2, 0.25) is 0 Å². The molecule has 3 aromatic rings. The zero-order valence-electron chi connectivity index (χ0n) is 14.2. The lowest BCUT2D eigenvalue weighted by Crippen LogP contribution is -2.27. The molecule has 0 saturated carbocycles. The summed E-state index contributed by atoms with van der Waals surface area (Å²) in [5.41, 5.74) is 5.55. The fourth-order valence-corrected chi connectivity index (χ4v) is 4.57. The van der Waals surface area contributed by atoms with Crippen LogP contribution in [0.5, 0.6) is 0 Å². The van der Waals surface area contributed by atoms with Crippen molar-refractivity contribution in [2.75, 3.05) is 18.0 Å². The predicted molar refractivity (Wildman–Crippen MR) is 107 cm³/mol. The summed E-state index contributed by atoms with van der Waals surface area (Å²) in [6, 6.07) is 9.52. The fraction of sp³-hybridized carbons (Fsp3) is 0.167. The number of thiophene rings is 1. The van der Waals surface area contributed by atoms with Crippen LogP contribution in [-0.4, -0.2) is 28.4 Å². The van der Waals surface area contributed by atoms with Gasteiger partial charge in [0, 0.05) is 16.7 Å². The molecule has 4 rings (SSSR count). The van der Waals surface area contributed by atoms with Crippen molar-refractivity contribution in [2.45, 2.75) is 6.18 Å². The number of fused-ring (bicyclic) bond motifs is 1. The number of halogens is 3. The zero-order valence-corrected chi connectivity index (χ0v) is 15.8. The maximum absolute atomic E-state index is 13.7. The van der Waals surface area contributed by atoms with Gasteiger partial charge in [-0.1, -0.05) is 42.1 Å². The molecule has 1 aliphatic heterocycles. The van der Waals surface area contributed by atoms with Gasteiger partial charge in [-0.2, -0.15) is 13.2 Å². The number of pyridine rings is 1. The third-order valence-corrected chi connectivity index (χ3v) is 6.08. The number of carbonyl (C=O) groups excluding carboxylic acids is 1. The fourth-order valence-electron chi connectivity index (χ4n) is 2.83. The van der Waals surface area contributed by atoms with Crippen molar-refractivity contribution in [3.8, 4) is 11.3 Å². The number of nitrogens with two attached hydrogens (primary N) is 1. The number of thioether (sulfide) groups is 1. The highest BCUT2D eigenvalue weighted by atomic mass is 32.2. The topological polar surface area (TPSA) is 80.4 Å². The molecule has 3 heterocycles. The largest absolute Gasteiger partial charge is 0.417 e. The van der Waals surface area contributed by atoms with E-state index in [-0.39, 0.29) is 26.5 Å². The first-order valence-corrected chi connectivity index (χ1v) is 9.99. The summed E-state index contributed by atoms with van der Waals surface area (Å²) in [6.07, 6.45) is -4.64. The summed E-state index contributed by atoms with van der Waals surface area (Å²) < 4.78 is 41.2. The second kappa shape index (κ2) is 7.10. The summed E-state index contributed by atoms with van der Waals surface area (Å²) >= 11 is 2.21. The standard InChI is InChI=1S/C18H13F3N4OS2/c19-18(20,21)10-8-11(9-4-2-1-3-5-9)24-16-12(10)13(22)14(28-16)15(26)25-17-23-6-7-27-17/h1-5,8H,6-7,22H2,(H,23,25,26). The molecule has 1 aliphatic rings. The highest BCUT2D eigenvalue weighted by Gasteiger charge is 2.36. The van der Waals surface area contributed by atoms with Crippen LogP contribution in [0.25, 0.3) is 21.5 Å². The Hall–Kier alpha value is -2.59. The van der Waals surface area contributed by atoms with Gasteiger partial charge in [0.2, 0.25) is 0 Å². The summed E-state index contributed by atoms with van der Waals surface area (Å²) in [6.45, 7) is 0.586. The Morgan fingerprint density at radius 3 is 2.61 bits per heavy atom. The second-order valence-electron chi connectivity index (χ2n) is 5.93. The molecule has 10 heteroatoms. The van der Waals surface area contributed by atoms with E-state index in [2.05, 4.69) is 15.3 Å². The summed E-state index contributed by atoms with van der Waals surface area (Å²) in [5, 5.41) is 2.79. The lowest BCUT2D eigenvalue weighted by atomic mass is 10.1. The third kappa shape index (κ3) is 3.45. The molecular weight excluding hydrogens is 409 g/mol. The number of benzene rings is 1. The molecule has 5 nitrogen and oxygen atoms in total. The van der Waals surface area contributed by atoms with Crippen molar-refractivity contribution in [2.24, 2.45) is 4.99 Å². The molecule has 28 heavy (non-hydrogen) atoms. The molecule has 144 valence electrons. The number of amides is 1. The number of hydrogen-bond acceptors (Lipinski definition) is 6. The molecule has 0 atom stereocenters. The first-order valence-electron chi connectivity index (χ1n) is 8.19. The van der Waals surface area contributed by atoms with Crippen LogP contribution in [0, 0.1) is 0 Å². The molecule has 2 aromatic heterocycles. The normalized spacial score (nSPS) is 14.3. The molecule has 0 saturated heterocycles. The Labute approximate surface area is 165 Å². The van der Waals surface area contributed by atoms with Gasteiger partial charge in [-0.05, 0) is 6.07 Å². The van der Waals surface area contributed by atoms with E-state index in [1.807, 2.05) is 0 Å². The van der Waals surface area contributed by atoms with Crippen LogP contribution in [0.1, 0.15) is 15.2 Å². The number of amidine groups is 1. The van der Waals surface area contributed by atoms with Crippen molar-refractivity contribution in [3.63, 3.8) is 0 Å². The molecule has 1 aromatic carbocycles. The molecule has 0 fully saturated rings. The van der Waals surface area contributed by atoms with Crippen LogP contribution in [0.3, 0.4) is 0 Å². The van der Waals surface area contributed by atoms with E-state index in [0.717, 1.165) is 23.2 Å². The number of rotatable bonds is 2. The van der Waals surface area contributed by atoms with E-state index >= 15 is 0 Å². The monoisotopic (exact) mass is 422 g/mol. The van der Waals surface area contributed by atoms with Crippen molar-refractivity contribution in [3.05, 3.63) is 46.8 Å². The SMILES string of the molecule is Nc1c(C(=O)NC2=NCCS2)sc2nc(-c3ccccc3)cc(C(F)(F)F)c12. The van der Waals surface area contributed by atoms with Crippen molar-refractivity contribution in [1.29, 1.82) is 0 Å². The Morgan fingerprint density at radius 1 is 1.21 bits per heavy atom. The number of anilines is 1. The molecule has 0 spiro atoms. The number of aromatic nitrogens is 1. The molecule has 0 bridgehead atoms. The second-order valence-corrected chi connectivity index (χ2v) is 8.02. The quantitative estimate of drug-likeness (QED) is 0.642. The van der Waals surface area contributed by atoms with Crippen LogP contribution >= 0.6 is 23.1 Å². The molecule has 0 unspecified atom stereocenters. The van der Waals surface area contributed by atoms with E-state index in [4.69, 9.17) is 5.73 Å². The van der Waals surface area contributed by atoms with Gasteiger partial charge in [-0.25, -0.2) is 4.98 Å². The molecule has 0 aliphatic carbocycles. The van der Waals surface area contributed by atoms with Crippen LogP contribution in [-0.2, 0) is 6.18 Å².